The highest BCUT2D eigenvalue weighted by atomic mass is 32.1. The molecule has 8 heteroatoms. The van der Waals surface area contributed by atoms with E-state index in [0.29, 0.717) is 12.8 Å². The van der Waals surface area contributed by atoms with Crippen LogP contribution in [0.25, 0.3) is 0 Å². The first-order chi connectivity index (χ1) is 10.6. The van der Waals surface area contributed by atoms with Crippen LogP contribution in [-0.2, 0) is 14.4 Å². The topological polar surface area (TPSA) is 122 Å². The molecule has 0 saturated carbocycles. The summed E-state index contributed by atoms with van der Waals surface area (Å²) in [6, 6.07) is -2.62. The number of nitrogens with two attached hydrogens (primary N) is 1. The fourth-order valence-corrected chi connectivity index (χ4v) is 2.27. The molecule has 0 bridgehead atoms. The van der Waals surface area contributed by atoms with Gasteiger partial charge in [0, 0.05) is 5.75 Å². The van der Waals surface area contributed by atoms with Crippen molar-refractivity contribution in [2.75, 3.05) is 5.75 Å². The van der Waals surface area contributed by atoms with Gasteiger partial charge < -0.3 is 21.5 Å². The van der Waals surface area contributed by atoms with Crippen molar-refractivity contribution in [1.82, 2.24) is 10.6 Å². The highest BCUT2D eigenvalue weighted by Gasteiger charge is 2.30. The molecule has 0 heterocycles. The van der Waals surface area contributed by atoms with Crippen LogP contribution < -0.4 is 16.4 Å². The third-order valence-corrected chi connectivity index (χ3v) is 4.02. The van der Waals surface area contributed by atoms with E-state index >= 15 is 0 Å². The molecule has 2 amide bonds. The van der Waals surface area contributed by atoms with Gasteiger partial charge in [-0.25, -0.2) is 4.79 Å². The Hall–Kier alpha value is -1.28. The van der Waals surface area contributed by atoms with Crippen molar-refractivity contribution in [1.29, 1.82) is 0 Å². The maximum absolute atomic E-state index is 12.3. The van der Waals surface area contributed by atoms with Crippen LogP contribution in [0.5, 0.6) is 0 Å². The number of carbonyl (C=O) groups excluding carboxylic acids is 2. The van der Waals surface area contributed by atoms with Gasteiger partial charge in [-0.2, -0.15) is 12.6 Å². The van der Waals surface area contributed by atoms with Crippen LogP contribution in [0.15, 0.2) is 0 Å². The average Bonchev–Trinajstić information content (AvgIpc) is 2.47. The van der Waals surface area contributed by atoms with Crippen molar-refractivity contribution < 1.29 is 19.5 Å². The molecule has 0 aliphatic carbocycles. The first-order valence-electron chi connectivity index (χ1n) is 7.83. The number of hydrogen-bond donors (Lipinski definition) is 5. The molecule has 0 fully saturated rings. The lowest BCUT2D eigenvalue weighted by Gasteiger charge is -2.26. The molecule has 7 nitrogen and oxygen atoms in total. The molecule has 0 rings (SSSR count). The molecule has 0 radical (unpaired) electrons. The fourth-order valence-electron chi connectivity index (χ4n) is 2.02. The normalized spacial score (nSPS) is 16.3. The van der Waals surface area contributed by atoms with E-state index < -0.39 is 35.9 Å². The summed E-state index contributed by atoms with van der Waals surface area (Å²) in [5.41, 5.74) is 5.83. The van der Waals surface area contributed by atoms with Gasteiger partial charge in [0.15, 0.2) is 0 Å². The Bertz CT molecular complexity index is 418. The summed E-state index contributed by atoms with van der Waals surface area (Å²) in [5, 5.41) is 14.0. The highest BCUT2D eigenvalue weighted by molar-refractivity contribution is 7.80. The van der Waals surface area contributed by atoms with Crippen molar-refractivity contribution >= 4 is 30.4 Å². The van der Waals surface area contributed by atoms with E-state index in [9.17, 15) is 14.4 Å². The van der Waals surface area contributed by atoms with Gasteiger partial charge in [0.05, 0.1) is 6.04 Å². The summed E-state index contributed by atoms with van der Waals surface area (Å²) < 4.78 is 0. The number of rotatable bonds is 10. The van der Waals surface area contributed by atoms with Crippen LogP contribution in [0.3, 0.4) is 0 Å². The quantitative estimate of drug-likeness (QED) is 0.366. The Morgan fingerprint density at radius 3 is 2.09 bits per heavy atom. The lowest BCUT2D eigenvalue weighted by molar-refractivity contribution is -0.141. The van der Waals surface area contributed by atoms with Crippen LogP contribution in [-0.4, -0.2) is 46.8 Å². The number of amides is 2. The molecule has 0 spiro atoms. The molecule has 23 heavy (non-hydrogen) atoms. The van der Waals surface area contributed by atoms with Crippen molar-refractivity contribution in [3.63, 3.8) is 0 Å². The summed E-state index contributed by atoms with van der Waals surface area (Å²) in [5.74, 6) is -2.04. The van der Waals surface area contributed by atoms with Gasteiger partial charge in [-0.15, -0.1) is 0 Å². The van der Waals surface area contributed by atoms with Gasteiger partial charge in [0.25, 0.3) is 0 Å². The molecule has 5 N–H and O–H groups in total. The minimum Gasteiger partial charge on any atom is -0.480 e. The smallest absolute Gasteiger partial charge is 0.327 e. The van der Waals surface area contributed by atoms with E-state index in [4.69, 9.17) is 10.8 Å². The van der Waals surface area contributed by atoms with Crippen molar-refractivity contribution in [2.45, 2.75) is 58.7 Å². The zero-order valence-electron chi connectivity index (χ0n) is 14.2. The highest BCUT2D eigenvalue weighted by Crippen LogP contribution is 2.10. The Morgan fingerprint density at radius 1 is 1.13 bits per heavy atom. The fraction of sp³-hybridized carbons (Fsp3) is 0.800. The molecule has 0 aliphatic heterocycles. The molecular formula is C15H29N3O4S. The van der Waals surface area contributed by atoms with Gasteiger partial charge in [0.2, 0.25) is 11.8 Å². The van der Waals surface area contributed by atoms with Crippen LogP contribution >= 0.6 is 12.6 Å². The number of carbonyl (C=O) groups is 3. The second-order valence-electron chi connectivity index (χ2n) is 6.19. The number of hydrogen-bond acceptors (Lipinski definition) is 5. The largest absolute Gasteiger partial charge is 0.480 e. The summed E-state index contributed by atoms with van der Waals surface area (Å²) in [6.45, 7) is 7.61. The van der Waals surface area contributed by atoms with Crippen LogP contribution in [0.2, 0.25) is 0 Å². The zero-order valence-corrected chi connectivity index (χ0v) is 15.1. The number of carboxylic acids is 1. The Balaban J connectivity index is 4.97. The molecule has 4 atom stereocenters. The average molecular weight is 347 g/mol. The number of nitrogens with one attached hydrogen (secondary N) is 2. The maximum Gasteiger partial charge on any atom is 0.327 e. The Morgan fingerprint density at radius 2 is 1.70 bits per heavy atom. The number of thiol groups is 1. The molecule has 134 valence electrons. The van der Waals surface area contributed by atoms with E-state index in [-0.39, 0.29) is 17.6 Å². The molecule has 0 unspecified atom stereocenters. The van der Waals surface area contributed by atoms with E-state index in [0.717, 1.165) is 0 Å². The first-order valence-corrected chi connectivity index (χ1v) is 8.47. The summed E-state index contributed by atoms with van der Waals surface area (Å²) in [6.07, 6.45) is 1.16. The van der Waals surface area contributed by atoms with E-state index in [1.54, 1.807) is 0 Å². The summed E-state index contributed by atoms with van der Waals surface area (Å²) >= 11 is 3.91. The molecule has 0 aromatic carbocycles. The Labute approximate surface area is 143 Å². The zero-order chi connectivity index (χ0) is 18.2. The molecule has 0 saturated heterocycles. The van der Waals surface area contributed by atoms with Gasteiger partial charge in [-0.05, 0) is 18.3 Å². The van der Waals surface area contributed by atoms with Gasteiger partial charge >= 0.3 is 5.97 Å². The number of carboxylic acid groups (broad SMARTS) is 1. The third kappa shape index (κ3) is 7.69. The van der Waals surface area contributed by atoms with Gasteiger partial charge in [-0.3, -0.25) is 9.59 Å². The Kier molecular flexibility index (Phi) is 9.90. The minimum atomic E-state index is -1.17. The summed E-state index contributed by atoms with van der Waals surface area (Å²) in [4.78, 5) is 35.5. The molecule has 0 aromatic heterocycles. The second-order valence-corrected chi connectivity index (χ2v) is 6.55. The van der Waals surface area contributed by atoms with Gasteiger partial charge in [-0.1, -0.05) is 34.1 Å². The SMILES string of the molecule is CC[C@H](C)[C@H](NC(=O)[C@@H](N)CC(C)C)C(=O)N[C@@H](CS)C(=O)O. The molecule has 0 aromatic rings. The van der Waals surface area contributed by atoms with Crippen molar-refractivity contribution in [3.8, 4) is 0 Å². The molecular weight excluding hydrogens is 318 g/mol. The van der Waals surface area contributed by atoms with Crippen LogP contribution in [0.4, 0.5) is 0 Å². The van der Waals surface area contributed by atoms with Crippen LogP contribution in [0.1, 0.15) is 40.5 Å². The minimum absolute atomic E-state index is 0.0326. The first kappa shape index (κ1) is 21.7. The maximum atomic E-state index is 12.3. The van der Waals surface area contributed by atoms with E-state index in [1.807, 2.05) is 27.7 Å². The monoisotopic (exact) mass is 347 g/mol. The van der Waals surface area contributed by atoms with Crippen LogP contribution in [0, 0.1) is 11.8 Å². The third-order valence-electron chi connectivity index (χ3n) is 3.65. The molecule has 0 aliphatic rings. The second kappa shape index (κ2) is 10.5. The van der Waals surface area contributed by atoms with Gasteiger partial charge in [0.1, 0.15) is 12.1 Å². The van der Waals surface area contributed by atoms with E-state index in [1.165, 1.54) is 0 Å². The lowest BCUT2D eigenvalue weighted by atomic mass is 9.96. The predicted molar refractivity (Wildman–Crippen MR) is 92.2 cm³/mol. The van der Waals surface area contributed by atoms with E-state index in [2.05, 4.69) is 23.3 Å². The van der Waals surface area contributed by atoms with Crippen molar-refractivity contribution in [3.05, 3.63) is 0 Å². The lowest BCUT2D eigenvalue weighted by Crippen LogP contribution is -2.57. The van der Waals surface area contributed by atoms with Crippen molar-refractivity contribution in [2.24, 2.45) is 17.6 Å². The number of aliphatic carboxylic acids is 1. The predicted octanol–water partition coefficient (Wildman–Crippen LogP) is 0.390. The standard InChI is InChI=1S/C15H29N3O4S/c1-5-9(4)12(14(20)17-11(7-23)15(21)22)18-13(19)10(16)6-8(2)3/h8-12,23H,5-7,16H2,1-4H3,(H,17,20)(H,18,19)(H,21,22)/t9-,10-,11-,12-/m0/s1. The summed E-state index contributed by atoms with van der Waals surface area (Å²) in [7, 11) is 0.